The molecule has 3 aromatic carbocycles. The topological polar surface area (TPSA) is 65.0 Å². The molecule has 1 aliphatic heterocycles. The predicted molar refractivity (Wildman–Crippen MR) is 149 cm³/mol. The fourth-order valence-electron chi connectivity index (χ4n) is 5.43. The van der Waals surface area contributed by atoms with Crippen LogP contribution in [0.5, 0.6) is 5.75 Å². The van der Waals surface area contributed by atoms with E-state index in [0.717, 1.165) is 22.4 Å². The first-order valence-corrected chi connectivity index (χ1v) is 13.3. The summed E-state index contributed by atoms with van der Waals surface area (Å²) in [7, 11) is 0. The number of hydrogen-bond donors (Lipinski definition) is 0. The van der Waals surface area contributed by atoms with E-state index in [0.29, 0.717) is 34.9 Å². The highest BCUT2D eigenvalue weighted by molar-refractivity contribution is 6.30. The zero-order valence-electron chi connectivity index (χ0n) is 21.5. The Hall–Kier alpha value is -3.70. The largest absolute Gasteiger partial charge is 0.490 e. The molecule has 6 heteroatoms. The molecule has 5 nitrogen and oxygen atoms in total. The number of halogens is 1. The van der Waals surface area contributed by atoms with E-state index in [1.807, 2.05) is 92.7 Å². The number of nitrogens with zero attached hydrogens (tertiary/aromatic N) is 1. The van der Waals surface area contributed by atoms with Gasteiger partial charge in [0.25, 0.3) is 0 Å². The van der Waals surface area contributed by atoms with Crippen molar-refractivity contribution in [3.05, 3.63) is 112 Å². The molecule has 0 spiro atoms. The minimum Gasteiger partial charge on any atom is -0.490 e. The van der Waals surface area contributed by atoms with Gasteiger partial charge in [-0.25, -0.2) is 4.79 Å². The lowest BCUT2D eigenvalue weighted by molar-refractivity contribution is -0.140. The van der Waals surface area contributed by atoms with Gasteiger partial charge in [0.15, 0.2) is 0 Å². The number of benzene rings is 3. The number of rotatable bonds is 7. The van der Waals surface area contributed by atoms with Crippen molar-refractivity contribution in [2.75, 3.05) is 13.2 Å². The van der Waals surface area contributed by atoms with Crippen LogP contribution < -0.4 is 4.74 Å². The SMILES string of the molecule is CC1=C(C(=O)OCCOc2ccccc2)[C@@H](c2ccc(C)cc2)C2C(=O)C[C@H](c3ccc(Cl)cc3)CC2=N1. The Morgan fingerprint density at radius 2 is 1.55 bits per heavy atom. The predicted octanol–water partition coefficient (Wildman–Crippen LogP) is 6.85. The highest BCUT2D eigenvalue weighted by atomic mass is 35.5. The lowest BCUT2D eigenvalue weighted by Crippen LogP contribution is -2.41. The molecule has 1 aliphatic carbocycles. The summed E-state index contributed by atoms with van der Waals surface area (Å²) in [6, 6.07) is 25.1. The monoisotopic (exact) mass is 527 g/mol. The molecule has 1 saturated carbocycles. The average Bonchev–Trinajstić information content (AvgIpc) is 2.91. The van der Waals surface area contributed by atoms with Gasteiger partial charge < -0.3 is 9.47 Å². The molecule has 2 aliphatic rings. The Bertz CT molecular complexity index is 1380. The van der Waals surface area contributed by atoms with Crippen LogP contribution in [0, 0.1) is 12.8 Å². The minimum atomic E-state index is -0.493. The fraction of sp³-hybridized carbons (Fsp3) is 0.281. The Morgan fingerprint density at radius 3 is 2.26 bits per heavy atom. The summed E-state index contributed by atoms with van der Waals surface area (Å²) < 4.78 is 11.3. The van der Waals surface area contributed by atoms with Gasteiger partial charge >= 0.3 is 5.97 Å². The molecule has 0 radical (unpaired) electrons. The van der Waals surface area contributed by atoms with Crippen molar-refractivity contribution in [1.82, 2.24) is 0 Å². The molecule has 1 unspecified atom stereocenters. The summed E-state index contributed by atoms with van der Waals surface area (Å²) in [6.07, 6.45) is 1.05. The number of esters is 1. The summed E-state index contributed by atoms with van der Waals surface area (Å²) in [4.78, 5) is 32.0. The van der Waals surface area contributed by atoms with E-state index in [-0.39, 0.29) is 24.9 Å². The van der Waals surface area contributed by atoms with Crippen LogP contribution in [0.4, 0.5) is 0 Å². The van der Waals surface area contributed by atoms with Crippen molar-refractivity contribution < 1.29 is 19.1 Å². The number of hydrogen-bond acceptors (Lipinski definition) is 5. The van der Waals surface area contributed by atoms with Gasteiger partial charge in [0.1, 0.15) is 24.7 Å². The van der Waals surface area contributed by atoms with Gasteiger partial charge in [0, 0.05) is 28.8 Å². The van der Waals surface area contributed by atoms with Crippen LogP contribution >= 0.6 is 11.6 Å². The second kappa shape index (κ2) is 11.4. The number of Topliss-reactive ketones (excluding diaryl/α,β-unsaturated/α-hetero) is 1. The third kappa shape index (κ3) is 5.58. The summed E-state index contributed by atoms with van der Waals surface area (Å²) in [5.41, 5.74) is 4.97. The third-order valence-corrected chi connectivity index (χ3v) is 7.53. The highest BCUT2D eigenvalue weighted by Crippen LogP contribution is 2.46. The summed E-state index contributed by atoms with van der Waals surface area (Å²) in [5.74, 6) is -0.556. The first kappa shape index (κ1) is 25.9. The quantitative estimate of drug-likeness (QED) is 0.249. The number of allylic oxidation sites excluding steroid dienone is 1. The van der Waals surface area contributed by atoms with Crippen LogP contribution in [0.3, 0.4) is 0 Å². The second-order valence-corrected chi connectivity index (χ2v) is 10.3. The second-order valence-electron chi connectivity index (χ2n) is 9.89. The van der Waals surface area contributed by atoms with Crippen LogP contribution in [-0.4, -0.2) is 30.7 Å². The van der Waals surface area contributed by atoms with Crippen molar-refractivity contribution in [1.29, 1.82) is 0 Å². The Balaban J connectivity index is 1.42. The summed E-state index contributed by atoms with van der Waals surface area (Å²) in [6.45, 7) is 4.18. The molecule has 38 heavy (non-hydrogen) atoms. The van der Waals surface area contributed by atoms with Gasteiger partial charge in [-0.1, -0.05) is 71.8 Å². The molecule has 194 valence electrons. The molecule has 3 atom stereocenters. The molecule has 3 aromatic rings. The number of para-hydroxylation sites is 1. The zero-order chi connectivity index (χ0) is 26.6. The maximum atomic E-state index is 13.7. The molecular formula is C32H30ClNO4. The van der Waals surface area contributed by atoms with Crippen LogP contribution in [0.2, 0.25) is 5.02 Å². The molecule has 0 bridgehead atoms. The molecular weight excluding hydrogens is 498 g/mol. The van der Waals surface area contributed by atoms with Gasteiger partial charge in [0.2, 0.25) is 0 Å². The molecule has 0 saturated heterocycles. The molecule has 0 aromatic heterocycles. The van der Waals surface area contributed by atoms with E-state index in [1.165, 1.54) is 0 Å². The van der Waals surface area contributed by atoms with Gasteiger partial charge in [-0.2, -0.15) is 0 Å². The standard InChI is InChI=1S/C32H30ClNO4/c1-20-8-10-23(11-9-20)30-29(32(36)38-17-16-37-26-6-4-3-5-7-26)21(2)34-27-18-24(19-28(35)31(27)30)22-12-14-25(33)15-13-22/h3-15,24,30-31H,16-19H2,1-2H3/t24-,30-,31?/m1/s1. The van der Waals surface area contributed by atoms with Crippen LogP contribution in [0.25, 0.3) is 0 Å². The molecule has 1 fully saturated rings. The van der Waals surface area contributed by atoms with Gasteiger partial charge in [0.05, 0.1) is 11.5 Å². The summed E-state index contributed by atoms with van der Waals surface area (Å²) >= 11 is 6.08. The van der Waals surface area contributed by atoms with Crippen molar-refractivity contribution in [3.63, 3.8) is 0 Å². The van der Waals surface area contributed by atoms with Crippen molar-refractivity contribution in [2.45, 2.75) is 38.5 Å². The highest BCUT2D eigenvalue weighted by Gasteiger charge is 2.46. The van der Waals surface area contributed by atoms with E-state index in [4.69, 9.17) is 26.1 Å². The normalized spacial score (nSPS) is 21.0. The lowest BCUT2D eigenvalue weighted by atomic mass is 9.66. The number of fused-ring (bicyclic) bond motifs is 1. The number of carbonyl (C=O) groups is 2. The minimum absolute atomic E-state index is 0.0323. The van der Waals surface area contributed by atoms with E-state index in [1.54, 1.807) is 0 Å². The number of ketones is 1. The molecule has 5 rings (SSSR count). The fourth-order valence-corrected chi connectivity index (χ4v) is 5.56. The van der Waals surface area contributed by atoms with Gasteiger partial charge in [-0.15, -0.1) is 0 Å². The average molecular weight is 528 g/mol. The smallest absolute Gasteiger partial charge is 0.336 e. The van der Waals surface area contributed by atoms with E-state index >= 15 is 0 Å². The Kier molecular flexibility index (Phi) is 7.75. The maximum absolute atomic E-state index is 13.7. The van der Waals surface area contributed by atoms with Crippen LogP contribution in [-0.2, 0) is 14.3 Å². The van der Waals surface area contributed by atoms with E-state index in [9.17, 15) is 9.59 Å². The zero-order valence-corrected chi connectivity index (χ0v) is 22.3. The molecule has 0 N–H and O–H groups in total. The van der Waals surface area contributed by atoms with Crippen molar-refractivity contribution >= 4 is 29.1 Å². The van der Waals surface area contributed by atoms with E-state index < -0.39 is 17.8 Å². The van der Waals surface area contributed by atoms with Gasteiger partial charge in [-0.3, -0.25) is 9.79 Å². The first-order valence-electron chi connectivity index (χ1n) is 12.9. The third-order valence-electron chi connectivity index (χ3n) is 7.28. The van der Waals surface area contributed by atoms with Gasteiger partial charge in [-0.05, 0) is 61.6 Å². The first-order chi connectivity index (χ1) is 18.4. The molecule has 0 amide bonds. The number of aryl methyl sites for hydroxylation is 1. The molecule has 1 heterocycles. The van der Waals surface area contributed by atoms with E-state index in [2.05, 4.69) is 0 Å². The number of ether oxygens (including phenoxy) is 2. The Morgan fingerprint density at radius 1 is 0.868 bits per heavy atom. The van der Waals surface area contributed by atoms with Crippen LogP contribution in [0.15, 0.2) is 95.1 Å². The van der Waals surface area contributed by atoms with Crippen molar-refractivity contribution in [2.24, 2.45) is 10.9 Å². The number of carbonyl (C=O) groups excluding carboxylic acids is 2. The summed E-state index contributed by atoms with van der Waals surface area (Å²) in [5, 5.41) is 0.666. The van der Waals surface area contributed by atoms with Crippen LogP contribution in [0.1, 0.15) is 48.3 Å². The van der Waals surface area contributed by atoms with Crippen molar-refractivity contribution in [3.8, 4) is 5.75 Å². The maximum Gasteiger partial charge on any atom is 0.336 e. The lowest BCUT2D eigenvalue weighted by Gasteiger charge is -2.38. The Labute approximate surface area is 228 Å². The number of aliphatic imine (C=N–C) groups is 1.